The van der Waals surface area contributed by atoms with Gasteiger partial charge in [0.05, 0.1) is 6.07 Å². The normalized spacial score (nSPS) is 12.3. The zero-order chi connectivity index (χ0) is 13.8. The third-order valence-corrected chi connectivity index (χ3v) is 1.99. The molecule has 0 radical (unpaired) electrons. The average molecular weight is 248 g/mol. The second-order valence-electron chi connectivity index (χ2n) is 4.80. The number of nitriles is 1. The Bertz CT molecular complexity index is 472. The number of amides is 1. The molecule has 0 bridgehead atoms. The van der Waals surface area contributed by atoms with Crippen molar-refractivity contribution in [2.45, 2.75) is 32.4 Å². The van der Waals surface area contributed by atoms with E-state index in [4.69, 9.17) is 10.00 Å². The number of phenols is 1. The van der Waals surface area contributed by atoms with Crippen molar-refractivity contribution in [1.82, 2.24) is 5.32 Å². The van der Waals surface area contributed by atoms with Crippen LogP contribution in [0.1, 0.15) is 32.4 Å². The molecule has 5 heteroatoms. The fraction of sp³-hybridized carbons (Fsp3) is 0.385. The van der Waals surface area contributed by atoms with E-state index in [0.29, 0.717) is 5.56 Å². The van der Waals surface area contributed by atoms with Crippen molar-refractivity contribution in [3.05, 3.63) is 29.8 Å². The molecule has 0 aliphatic rings. The van der Waals surface area contributed by atoms with Gasteiger partial charge < -0.3 is 15.2 Å². The van der Waals surface area contributed by atoms with Gasteiger partial charge in [0.1, 0.15) is 17.4 Å². The quantitative estimate of drug-likeness (QED) is 0.842. The number of aromatic hydroxyl groups is 1. The molecule has 5 nitrogen and oxygen atoms in total. The Morgan fingerprint density at radius 1 is 1.50 bits per heavy atom. The van der Waals surface area contributed by atoms with Crippen LogP contribution in [0.15, 0.2) is 24.3 Å². The van der Waals surface area contributed by atoms with Gasteiger partial charge in [0.25, 0.3) is 0 Å². The number of carbonyl (C=O) groups excluding carboxylic acids is 1. The molecule has 1 aromatic carbocycles. The highest BCUT2D eigenvalue weighted by molar-refractivity contribution is 5.69. The number of nitrogens with zero attached hydrogens (tertiary/aromatic N) is 1. The van der Waals surface area contributed by atoms with Crippen LogP contribution in [0, 0.1) is 11.3 Å². The second-order valence-corrected chi connectivity index (χ2v) is 4.80. The van der Waals surface area contributed by atoms with Gasteiger partial charge >= 0.3 is 6.09 Å². The Morgan fingerprint density at radius 2 is 2.17 bits per heavy atom. The summed E-state index contributed by atoms with van der Waals surface area (Å²) in [5, 5.41) is 20.8. The minimum absolute atomic E-state index is 0.0405. The van der Waals surface area contributed by atoms with Crippen LogP contribution in [-0.4, -0.2) is 16.8 Å². The molecule has 1 rings (SSSR count). The van der Waals surface area contributed by atoms with Gasteiger partial charge in [0.2, 0.25) is 0 Å². The summed E-state index contributed by atoms with van der Waals surface area (Å²) in [7, 11) is 0. The Labute approximate surface area is 106 Å². The first-order valence-corrected chi connectivity index (χ1v) is 5.50. The maximum absolute atomic E-state index is 11.5. The fourth-order valence-corrected chi connectivity index (χ4v) is 1.32. The Kier molecular flexibility index (Phi) is 4.16. The van der Waals surface area contributed by atoms with Gasteiger partial charge in [-0.25, -0.2) is 4.79 Å². The van der Waals surface area contributed by atoms with Gasteiger partial charge in [-0.05, 0) is 38.5 Å². The Morgan fingerprint density at radius 3 is 2.67 bits per heavy atom. The molecule has 1 unspecified atom stereocenters. The lowest BCUT2D eigenvalue weighted by atomic mass is 10.1. The van der Waals surface area contributed by atoms with E-state index in [9.17, 15) is 9.90 Å². The van der Waals surface area contributed by atoms with E-state index in [-0.39, 0.29) is 5.75 Å². The maximum atomic E-state index is 11.5. The maximum Gasteiger partial charge on any atom is 0.408 e. The molecule has 0 saturated carbocycles. The molecule has 2 N–H and O–H groups in total. The molecule has 1 aromatic rings. The highest BCUT2D eigenvalue weighted by Gasteiger charge is 2.20. The number of hydrogen-bond acceptors (Lipinski definition) is 4. The van der Waals surface area contributed by atoms with E-state index in [1.807, 2.05) is 6.07 Å². The van der Waals surface area contributed by atoms with E-state index in [1.165, 1.54) is 12.1 Å². The van der Waals surface area contributed by atoms with E-state index in [0.717, 1.165) is 0 Å². The van der Waals surface area contributed by atoms with Crippen molar-refractivity contribution in [3.63, 3.8) is 0 Å². The average Bonchev–Trinajstić information content (AvgIpc) is 2.23. The van der Waals surface area contributed by atoms with Crippen LogP contribution in [0.3, 0.4) is 0 Å². The number of ether oxygens (including phenoxy) is 1. The Balaban J connectivity index is 2.75. The van der Waals surface area contributed by atoms with E-state index >= 15 is 0 Å². The van der Waals surface area contributed by atoms with E-state index < -0.39 is 17.7 Å². The summed E-state index contributed by atoms with van der Waals surface area (Å²) >= 11 is 0. The summed E-state index contributed by atoms with van der Waals surface area (Å²) in [6.45, 7) is 5.22. The predicted molar refractivity (Wildman–Crippen MR) is 65.8 cm³/mol. The predicted octanol–water partition coefficient (Wildman–Crippen LogP) is 2.48. The molecular weight excluding hydrogens is 232 g/mol. The molecule has 1 amide bonds. The summed E-state index contributed by atoms with van der Waals surface area (Å²) in [6, 6.07) is 7.24. The summed E-state index contributed by atoms with van der Waals surface area (Å²) in [5.74, 6) is 0.0405. The number of rotatable bonds is 2. The molecule has 18 heavy (non-hydrogen) atoms. The summed E-state index contributed by atoms with van der Waals surface area (Å²) in [5.41, 5.74) is -0.119. The molecule has 0 saturated heterocycles. The first-order chi connectivity index (χ1) is 8.31. The monoisotopic (exact) mass is 248 g/mol. The molecule has 1 atom stereocenters. The van der Waals surface area contributed by atoms with Gasteiger partial charge in [-0.3, -0.25) is 0 Å². The number of alkyl carbamates (subject to hydrolysis) is 1. The van der Waals surface area contributed by atoms with Crippen molar-refractivity contribution in [1.29, 1.82) is 5.26 Å². The summed E-state index contributed by atoms with van der Waals surface area (Å²) in [4.78, 5) is 11.5. The third-order valence-electron chi connectivity index (χ3n) is 1.99. The molecular formula is C13H16N2O3. The topological polar surface area (TPSA) is 82.3 Å². The van der Waals surface area contributed by atoms with Gasteiger partial charge in [0.15, 0.2) is 0 Å². The van der Waals surface area contributed by atoms with Crippen molar-refractivity contribution in [2.24, 2.45) is 0 Å². The van der Waals surface area contributed by atoms with E-state index in [1.54, 1.807) is 32.9 Å². The van der Waals surface area contributed by atoms with Gasteiger partial charge in [-0.1, -0.05) is 12.1 Å². The van der Waals surface area contributed by atoms with Crippen molar-refractivity contribution < 1.29 is 14.6 Å². The molecule has 0 aromatic heterocycles. The lowest BCUT2D eigenvalue weighted by Gasteiger charge is -2.21. The molecule has 0 heterocycles. The summed E-state index contributed by atoms with van der Waals surface area (Å²) in [6.07, 6.45) is -0.669. The number of benzene rings is 1. The lowest BCUT2D eigenvalue weighted by Crippen LogP contribution is -2.34. The first kappa shape index (κ1) is 13.8. The summed E-state index contributed by atoms with van der Waals surface area (Å²) < 4.78 is 5.06. The Hall–Kier alpha value is -2.22. The van der Waals surface area contributed by atoms with Gasteiger partial charge in [-0.2, -0.15) is 5.26 Å². The number of carbonyl (C=O) groups is 1. The van der Waals surface area contributed by atoms with Crippen molar-refractivity contribution >= 4 is 6.09 Å². The highest BCUT2D eigenvalue weighted by atomic mass is 16.6. The standard InChI is InChI=1S/C13H16N2O3/c1-13(2,3)18-12(17)15-11(8-14)9-5-4-6-10(16)7-9/h4-7,11,16H,1-3H3,(H,15,17). The minimum atomic E-state index is -0.855. The smallest absolute Gasteiger partial charge is 0.408 e. The molecule has 96 valence electrons. The number of phenolic OH excluding ortho intramolecular Hbond substituents is 1. The largest absolute Gasteiger partial charge is 0.508 e. The minimum Gasteiger partial charge on any atom is -0.508 e. The van der Waals surface area contributed by atoms with E-state index in [2.05, 4.69) is 5.32 Å². The fourth-order valence-electron chi connectivity index (χ4n) is 1.32. The van der Waals surface area contributed by atoms with Crippen molar-refractivity contribution in [2.75, 3.05) is 0 Å². The van der Waals surface area contributed by atoms with Crippen LogP contribution < -0.4 is 5.32 Å². The van der Waals surface area contributed by atoms with Crippen LogP contribution >= 0.6 is 0 Å². The molecule has 0 fully saturated rings. The van der Waals surface area contributed by atoms with Crippen LogP contribution in [-0.2, 0) is 4.74 Å². The van der Waals surface area contributed by atoms with Crippen LogP contribution in [0.25, 0.3) is 0 Å². The number of nitrogens with one attached hydrogen (secondary N) is 1. The highest BCUT2D eigenvalue weighted by Crippen LogP contribution is 2.18. The third kappa shape index (κ3) is 4.34. The van der Waals surface area contributed by atoms with Crippen LogP contribution in [0.2, 0.25) is 0 Å². The SMILES string of the molecule is CC(C)(C)OC(=O)NC(C#N)c1cccc(O)c1. The first-order valence-electron chi connectivity index (χ1n) is 5.50. The van der Waals surface area contributed by atoms with Crippen LogP contribution in [0.4, 0.5) is 4.79 Å². The second kappa shape index (κ2) is 5.41. The molecule has 0 spiro atoms. The van der Waals surface area contributed by atoms with Gasteiger partial charge in [-0.15, -0.1) is 0 Å². The lowest BCUT2D eigenvalue weighted by molar-refractivity contribution is 0.0515. The molecule has 0 aliphatic carbocycles. The van der Waals surface area contributed by atoms with Crippen LogP contribution in [0.5, 0.6) is 5.75 Å². The van der Waals surface area contributed by atoms with Gasteiger partial charge in [0, 0.05) is 0 Å². The molecule has 0 aliphatic heterocycles. The zero-order valence-corrected chi connectivity index (χ0v) is 10.6. The number of hydrogen-bond donors (Lipinski definition) is 2. The zero-order valence-electron chi connectivity index (χ0n) is 10.6. The van der Waals surface area contributed by atoms with Crippen molar-refractivity contribution in [3.8, 4) is 11.8 Å².